The van der Waals surface area contributed by atoms with Gasteiger partial charge in [0.05, 0.1) is 18.6 Å². The van der Waals surface area contributed by atoms with Crippen molar-refractivity contribution in [3.05, 3.63) is 0 Å². The quantitative estimate of drug-likeness (QED) is 0.383. The van der Waals surface area contributed by atoms with Crippen molar-refractivity contribution in [1.82, 2.24) is 0 Å². The summed E-state index contributed by atoms with van der Waals surface area (Å²) in [4.78, 5) is 0. The van der Waals surface area contributed by atoms with Crippen LogP contribution in [0.5, 0.6) is 0 Å². The van der Waals surface area contributed by atoms with Crippen LogP contribution < -0.4 is 5.84 Å². The van der Waals surface area contributed by atoms with Gasteiger partial charge in [-0.1, -0.05) is 13.8 Å². The zero-order valence-corrected chi connectivity index (χ0v) is 6.82. The van der Waals surface area contributed by atoms with Gasteiger partial charge in [-0.05, 0) is 0 Å². The second-order valence-corrected chi connectivity index (χ2v) is 3.03. The number of ether oxygens (including phenoxy) is 1. The molecule has 4 heteroatoms. The summed E-state index contributed by atoms with van der Waals surface area (Å²) >= 11 is 0. The van der Waals surface area contributed by atoms with Gasteiger partial charge in [0.2, 0.25) is 5.90 Å². The van der Waals surface area contributed by atoms with E-state index in [1.807, 2.05) is 13.8 Å². The Morgan fingerprint density at radius 1 is 1.64 bits per heavy atom. The van der Waals surface area contributed by atoms with Crippen molar-refractivity contribution in [3.63, 3.8) is 0 Å². The molecule has 1 heterocycles. The highest BCUT2D eigenvalue weighted by atomic mass is 16.5. The van der Waals surface area contributed by atoms with Crippen LogP contribution in [0.4, 0.5) is 0 Å². The molecule has 3 N–H and O–H groups in total. The largest absolute Gasteiger partial charge is 0.479 e. The lowest BCUT2D eigenvalue weighted by atomic mass is 9.91. The van der Waals surface area contributed by atoms with Gasteiger partial charge in [0, 0.05) is 5.92 Å². The zero-order chi connectivity index (χ0) is 8.43. The lowest BCUT2D eigenvalue weighted by molar-refractivity contribution is 0.0211. The standard InChI is InChI=1S/C7H14N2O2/c1-4-3-11-7(9-8)5(2)6(4)10/h4-6,10H,3,8H2,1-2H3/b9-7-. The fourth-order valence-electron chi connectivity index (χ4n) is 1.24. The molecule has 3 unspecified atom stereocenters. The van der Waals surface area contributed by atoms with Crippen molar-refractivity contribution < 1.29 is 9.84 Å². The first-order valence-corrected chi connectivity index (χ1v) is 3.75. The number of rotatable bonds is 0. The van der Waals surface area contributed by atoms with Crippen molar-refractivity contribution in [2.24, 2.45) is 22.8 Å². The van der Waals surface area contributed by atoms with E-state index >= 15 is 0 Å². The highest BCUT2D eigenvalue weighted by Gasteiger charge is 2.31. The normalized spacial score (nSPS) is 42.1. The monoisotopic (exact) mass is 158 g/mol. The molecule has 1 fully saturated rings. The first-order valence-electron chi connectivity index (χ1n) is 3.75. The third kappa shape index (κ3) is 1.45. The zero-order valence-electron chi connectivity index (χ0n) is 6.82. The second-order valence-electron chi connectivity index (χ2n) is 3.03. The Labute approximate surface area is 66.0 Å². The van der Waals surface area contributed by atoms with Crippen LogP contribution in [0.3, 0.4) is 0 Å². The SMILES string of the molecule is CC1CO/C(=N\N)C(C)C1O. The first-order chi connectivity index (χ1) is 5.16. The van der Waals surface area contributed by atoms with E-state index in [2.05, 4.69) is 5.10 Å². The Morgan fingerprint density at radius 3 is 2.82 bits per heavy atom. The molecule has 1 aliphatic heterocycles. The maximum atomic E-state index is 9.53. The van der Waals surface area contributed by atoms with Gasteiger partial charge in [-0.2, -0.15) is 0 Å². The van der Waals surface area contributed by atoms with E-state index in [0.29, 0.717) is 12.5 Å². The predicted molar refractivity (Wildman–Crippen MR) is 41.9 cm³/mol. The number of nitrogens with two attached hydrogens (primary N) is 1. The van der Waals surface area contributed by atoms with Gasteiger partial charge < -0.3 is 15.7 Å². The van der Waals surface area contributed by atoms with Crippen molar-refractivity contribution in [2.75, 3.05) is 6.61 Å². The van der Waals surface area contributed by atoms with Gasteiger partial charge in [0.25, 0.3) is 0 Å². The van der Waals surface area contributed by atoms with Crippen molar-refractivity contribution >= 4 is 5.90 Å². The van der Waals surface area contributed by atoms with E-state index < -0.39 is 0 Å². The molecule has 0 aromatic heterocycles. The molecule has 0 spiro atoms. The van der Waals surface area contributed by atoms with Crippen LogP contribution in [-0.2, 0) is 4.74 Å². The molecule has 64 valence electrons. The van der Waals surface area contributed by atoms with Crippen molar-refractivity contribution in [1.29, 1.82) is 0 Å². The fourth-order valence-corrected chi connectivity index (χ4v) is 1.24. The fraction of sp³-hybridized carbons (Fsp3) is 0.857. The molecule has 0 aliphatic carbocycles. The van der Waals surface area contributed by atoms with E-state index in [4.69, 9.17) is 10.6 Å². The number of hydrogen-bond acceptors (Lipinski definition) is 4. The molecular formula is C7H14N2O2. The summed E-state index contributed by atoms with van der Waals surface area (Å²) in [6, 6.07) is 0. The van der Waals surface area contributed by atoms with Crippen LogP contribution in [0.1, 0.15) is 13.8 Å². The molecule has 0 aromatic rings. The highest BCUT2D eigenvalue weighted by molar-refractivity contribution is 5.79. The Kier molecular flexibility index (Phi) is 2.34. The molecule has 4 nitrogen and oxygen atoms in total. The van der Waals surface area contributed by atoms with E-state index in [-0.39, 0.29) is 17.9 Å². The molecular weight excluding hydrogens is 144 g/mol. The van der Waals surface area contributed by atoms with Gasteiger partial charge in [-0.25, -0.2) is 0 Å². The molecule has 0 amide bonds. The van der Waals surface area contributed by atoms with Crippen LogP contribution in [-0.4, -0.2) is 23.7 Å². The highest BCUT2D eigenvalue weighted by Crippen LogP contribution is 2.20. The maximum absolute atomic E-state index is 9.53. The third-order valence-corrected chi connectivity index (χ3v) is 2.11. The van der Waals surface area contributed by atoms with E-state index in [0.717, 1.165) is 0 Å². The molecule has 0 saturated carbocycles. The summed E-state index contributed by atoms with van der Waals surface area (Å²) in [6.45, 7) is 4.29. The molecule has 3 atom stereocenters. The first kappa shape index (κ1) is 8.33. The molecule has 0 aromatic carbocycles. The van der Waals surface area contributed by atoms with Crippen molar-refractivity contribution in [3.8, 4) is 0 Å². The van der Waals surface area contributed by atoms with Crippen LogP contribution in [0.25, 0.3) is 0 Å². The van der Waals surface area contributed by atoms with E-state index in [9.17, 15) is 5.11 Å². The van der Waals surface area contributed by atoms with Gasteiger partial charge in [-0.3, -0.25) is 0 Å². The van der Waals surface area contributed by atoms with Crippen molar-refractivity contribution in [2.45, 2.75) is 20.0 Å². The number of hydrazone groups is 1. The minimum Gasteiger partial charge on any atom is -0.479 e. The summed E-state index contributed by atoms with van der Waals surface area (Å²) < 4.78 is 5.19. The minimum absolute atomic E-state index is 0.0799. The number of nitrogens with zero attached hydrogens (tertiary/aromatic N) is 1. The van der Waals surface area contributed by atoms with Crippen LogP contribution >= 0.6 is 0 Å². The minimum atomic E-state index is -0.383. The Morgan fingerprint density at radius 2 is 2.27 bits per heavy atom. The molecule has 1 rings (SSSR count). The summed E-state index contributed by atoms with van der Waals surface area (Å²) in [5.74, 6) is 5.59. The van der Waals surface area contributed by atoms with Gasteiger partial charge in [0.15, 0.2) is 0 Å². The molecule has 11 heavy (non-hydrogen) atoms. The topological polar surface area (TPSA) is 67.8 Å². The lowest BCUT2D eigenvalue weighted by Crippen LogP contribution is -2.41. The second kappa shape index (κ2) is 3.09. The number of hydrogen-bond donors (Lipinski definition) is 2. The third-order valence-electron chi connectivity index (χ3n) is 2.11. The predicted octanol–water partition coefficient (Wildman–Crippen LogP) is -0.0781. The van der Waals surface area contributed by atoms with Gasteiger partial charge in [-0.15, -0.1) is 5.10 Å². The Balaban J connectivity index is 2.67. The summed E-state index contributed by atoms with van der Waals surface area (Å²) in [5, 5.41) is 13.0. The summed E-state index contributed by atoms with van der Waals surface area (Å²) in [5.41, 5.74) is 0. The molecule has 1 saturated heterocycles. The summed E-state index contributed by atoms with van der Waals surface area (Å²) in [7, 11) is 0. The average Bonchev–Trinajstić information content (AvgIpc) is 2.01. The smallest absolute Gasteiger partial charge is 0.210 e. The maximum Gasteiger partial charge on any atom is 0.210 e. The van der Waals surface area contributed by atoms with Gasteiger partial charge in [0.1, 0.15) is 0 Å². The Bertz CT molecular complexity index is 170. The van der Waals surface area contributed by atoms with Crippen LogP contribution in [0.2, 0.25) is 0 Å². The van der Waals surface area contributed by atoms with Crippen LogP contribution in [0, 0.1) is 11.8 Å². The van der Waals surface area contributed by atoms with E-state index in [1.165, 1.54) is 0 Å². The lowest BCUT2D eigenvalue weighted by Gasteiger charge is -2.31. The number of aliphatic hydroxyl groups is 1. The number of aliphatic hydroxyl groups excluding tert-OH is 1. The molecule has 1 aliphatic rings. The molecule has 0 radical (unpaired) electrons. The summed E-state index contributed by atoms with van der Waals surface area (Å²) in [6.07, 6.45) is -0.383. The Hall–Kier alpha value is -0.770. The van der Waals surface area contributed by atoms with Crippen LogP contribution in [0.15, 0.2) is 5.10 Å². The van der Waals surface area contributed by atoms with Gasteiger partial charge >= 0.3 is 0 Å². The average molecular weight is 158 g/mol. The molecule has 0 bridgehead atoms. The van der Waals surface area contributed by atoms with E-state index in [1.54, 1.807) is 0 Å².